The van der Waals surface area contributed by atoms with Crippen LogP contribution >= 0.6 is 0 Å². The second-order valence-corrected chi connectivity index (χ2v) is 7.26. The third-order valence-corrected chi connectivity index (χ3v) is 5.33. The highest BCUT2D eigenvalue weighted by atomic mass is 15.2. The van der Waals surface area contributed by atoms with Gasteiger partial charge in [0.2, 0.25) is 0 Å². The fourth-order valence-electron chi connectivity index (χ4n) is 4.06. The molecule has 3 rings (SSSR count). The molecule has 1 aliphatic carbocycles. The topological polar surface area (TPSA) is 15.3 Å². The van der Waals surface area contributed by atoms with Crippen molar-refractivity contribution in [3.8, 4) is 0 Å². The summed E-state index contributed by atoms with van der Waals surface area (Å²) in [5.41, 5.74) is 4.50. The molecule has 116 valence electrons. The number of likely N-dealkylation sites (tertiary alicyclic amines) is 1. The molecule has 0 spiro atoms. The Kier molecular flexibility index (Phi) is 4.66. The van der Waals surface area contributed by atoms with E-state index < -0.39 is 0 Å². The number of nitrogens with one attached hydrogen (secondary N) is 1. The molecule has 2 aliphatic rings. The van der Waals surface area contributed by atoms with Gasteiger partial charge in [0, 0.05) is 18.6 Å². The van der Waals surface area contributed by atoms with E-state index in [1.165, 1.54) is 44.3 Å². The monoisotopic (exact) mass is 286 g/mol. The fourth-order valence-corrected chi connectivity index (χ4v) is 4.06. The first-order valence-corrected chi connectivity index (χ1v) is 8.72. The van der Waals surface area contributed by atoms with Crippen LogP contribution in [0.25, 0.3) is 0 Å². The zero-order valence-corrected chi connectivity index (χ0v) is 13.9. The van der Waals surface area contributed by atoms with E-state index in [4.69, 9.17) is 0 Å². The lowest BCUT2D eigenvalue weighted by Gasteiger charge is -2.32. The van der Waals surface area contributed by atoms with Crippen molar-refractivity contribution < 1.29 is 0 Å². The van der Waals surface area contributed by atoms with Crippen LogP contribution in [0.3, 0.4) is 0 Å². The molecule has 1 heterocycles. The van der Waals surface area contributed by atoms with Crippen LogP contribution in [0.4, 0.5) is 0 Å². The van der Waals surface area contributed by atoms with E-state index in [1.807, 2.05) is 0 Å². The summed E-state index contributed by atoms with van der Waals surface area (Å²) in [5, 5.41) is 3.88. The van der Waals surface area contributed by atoms with Gasteiger partial charge in [0.05, 0.1) is 0 Å². The quantitative estimate of drug-likeness (QED) is 0.888. The van der Waals surface area contributed by atoms with Crippen LogP contribution in [-0.4, -0.2) is 30.6 Å². The van der Waals surface area contributed by atoms with Crippen LogP contribution in [0.5, 0.6) is 0 Å². The SMILES string of the molecule is Cc1ccc2c(c1)C(NCC(C(C)C)N1CCCC1)CC2. The van der Waals surface area contributed by atoms with E-state index in [9.17, 15) is 0 Å². The van der Waals surface area contributed by atoms with Crippen LogP contribution in [0.1, 0.15) is 55.8 Å². The smallest absolute Gasteiger partial charge is 0.0326 e. The molecular weight excluding hydrogens is 256 g/mol. The molecule has 1 saturated heterocycles. The lowest BCUT2D eigenvalue weighted by molar-refractivity contribution is 0.182. The summed E-state index contributed by atoms with van der Waals surface area (Å²) in [4.78, 5) is 2.70. The zero-order chi connectivity index (χ0) is 14.8. The summed E-state index contributed by atoms with van der Waals surface area (Å²) in [6, 6.07) is 8.24. The number of hydrogen-bond donors (Lipinski definition) is 1. The largest absolute Gasteiger partial charge is 0.308 e. The fraction of sp³-hybridized carbons (Fsp3) is 0.684. The van der Waals surface area contributed by atoms with Gasteiger partial charge in [0.25, 0.3) is 0 Å². The first-order chi connectivity index (χ1) is 10.1. The summed E-state index contributed by atoms with van der Waals surface area (Å²) < 4.78 is 0. The van der Waals surface area contributed by atoms with Crippen LogP contribution in [-0.2, 0) is 6.42 Å². The zero-order valence-electron chi connectivity index (χ0n) is 13.9. The third kappa shape index (κ3) is 3.32. The van der Waals surface area contributed by atoms with Crippen molar-refractivity contribution >= 4 is 0 Å². The lowest BCUT2D eigenvalue weighted by Crippen LogP contribution is -2.44. The van der Waals surface area contributed by atoms with Crippen molar-refractivity contribution in [1.82, 2.24) is 10.2 Å². The Hall–Kier alpha value is -0.860. The van der Waals surface area contributed by atoms with Crippen molar-refractivity contribution in [3.63, 3.8) is 0 Å². The highest BCUT2D eigenvalue weighted by Gasteiger charge is 2.27. The molecule has 1 aromatic carbocycles. The lowest BCUT2D eigenvalue weighted by atomic mass is 10.0. The number of fused-ring (bicyclic) bond motifs is 1. The molecule has 0 radical (unpaired) electrons. The molecule has 1 aromatic rings. The van der Waals surface area contributed by atoms with Crippen molar-refractivity contribution in [2.24, 2.45) is 5.92 Å². The van der Waals surface area contributed by atoms with Crippen LogP contribution in [0.2, 0.25) is 0 Å². The maximum absolute atomic E-state index is 3.88. The predicted octanol–water partition coefficient (Wildman–Crippen LogP) is 3.69. The summed E-state index contributed by atoms with van der Waals surface area (Å²) in [5.74, 6) is 0.731. The molecule has 1 fully saturated rings. The van der Waals surface area contributed by atoms with Crippen molar-refractivity contribution in [1.29, 1.82) is 0 Å². The number of benzene rings is 1. The van der Waals surface area contributed by atoms with Gasteiger partial charge in [-0.3, -0.25) is 4.90 Å². The summed E-state index contributed by atoms with van der Waals surface area (Å²) in [7, 11) is 0. The maximum atomic E-state index is 3.88. The van der Waals surface area contributed by atoms with Gasteiger partial charge in [0.15, 0.2) is 0 Å². The number of rotatable bonds is 5. The van der Waals surface area contributed by atoms with Gasteiger partial charge in [-0.15, -0.1) is 0 Å². The first-order valence-electron chi connectivity index (χ1n) is 8.72. The molecule has 1 N–H and O–H groups in total. The molecule has 2 nitrogen and oxygen atoms in total. The molecule has 2 heteroatoms. The molecule has 1 aliphatic heterocycles. The Balaban J connectivity index is 1.63. The Labute approximate surface area is 129 Å². The van der Waals surface area contributed by atoms with Crippen molar-refractivity contribution in [2.75, 3.05) is 19.6 Å². The predicted molar refractivity (Wildman–Crippen MR) is 89.7 cm³/mol. The van der Waals surface area contributed by atoms with Crippen molar-refractivity contribution in [3.05, 3.63) is 34.9 Å². The second kappa shape index (κ2) is 6.50. The van der Waals surface area contributed by atoms with Crippen LogP contribution in [0.15, 0.2) is 18.2 Å². The summed E-state index contributed by atoms with van der Waals surface area (Å²) in [6.07, 6.45) is 5.27. The highest BCUT2D eigenvalue weighted by Crippen LogP contribution is 2.32. The van der Waals surface area contributed by atoms with Gasteiger partial charge in [0.1, 0.15) is 0 Å². The first kappa shape index (κ1) is 15.1. The van der Waals surface area contributed by atoms with Crippen molar-refractivity contribution in [2.45, 2.75) is 58.5 Å². The van der Waals surface area contributed by atoms with E-state index in [0.29, 0.717) is 12.1 Å². The van der Waals surface area contributed by atoms with E-state index in [-0.39, 0.29) is 0 Å². The maximum Gasteiger partial charge on any atom is 0.0326 e. The van der Waals surface area contributed by atoms with Gasteiger partial charge >= 0.3 is 0 Å². The molecule has 0 aromatic heterocycles. The Morgan fingerprint density at radius 2 is 2.00 bits per heavy atom. The molecule has 21 heavy (non-hydrogen) atoms. The average Bonchev–Trinajstić information content (AvgIpc) is 3.09. The normalized spacial score (nSPS) is 23.7. The van der Waals surface area contributed by atoms with Gasteiger partial charge in [-0.05, 0) is 62.7 Å². The minimum Gasteiger partial charge on any atom is -0.308 e. The standard InChI is InChI=1S/C19H30N2/c1-14(2)19(21-10-4-5-11-21)13-20-18-9-8-16-7-6-15(3)12-17(16)18/h6-7,12,14,18-20H,4-5,8-11,13H2,1-3H3. The number of hydrogen-bond acceptors (Lipinski definition) is 2. The highest BCUT2D eigenvalue weighted by molar-refractivity contribution is 5.37. The van der Waals surface area contributed by atoms with E-state index >= 15 is 0 Å². The third-order valence-electron chi connectivity index (χ3n) is 5.33. The average molecular weight is 286 g/mol. The molecule has 2 atom stereocenters. The van der Waals surface area contributed by atoms with Gasteiger partial charge in [-0.25, -0.2) is 0 Å². The molecular formula is C19H30N2. The van der Waals surface area contributed by atoms with Crippen LogP contribution in [0, 0.1) is 12.8 Å². The molecule has 0 saturated carbocycles. The van der Waals surface area contributed by atoms with Gasteiger partial charge in [-0.2, -0.15) is 0 Å². The van der Waals surface area contributed by atoms with E-state index in [2.05, 4.69) is 49.2 Å². The summed E-state index contributed by atoms with van der Waals surface area (Å²) >= 11 is 0. The molecule has 2 unspecified atom stereocenters. The Morgan fingerprint density at radius 3 is 2.71 bits per heavy atom. The van der Waals surface area contributed by atoms with Crippen LogP contribution < -0.4 is 5.32 Å². The Bertz CT molecular complexity index is 474. The van der Waals surface area contributed by atoms with Gasteiger partial charge in [-0.1, -0.05) is 37.6 Å². The molecule has 0 bridgehead atoms. The Morgan fingerprint density at radius 1 is 1.24 bits per heavy atom. The minimum absolute atomic E-state index is 0.573. The second-order valence-electron chi connectivity index (χ2n) is 7.26. The van der Waals surface area contributed by atoms with Gasteiger partial charge < -0.3 is 5.32 Å². The number of aryl methyl sites for hydroxylation is 2. The number of nitrogens with zero attached hydrogens (tertiary/aromatic N) is 1. The molecule has 0 amide bonds. The minimum atomic E-state index is 0.573. The summed E-state index contributed by atoms with van der Waals surface area (Å²) in [6.45, 7) is 10.7. The van der Waals surface area contributed by atoms with E-state index in [0.717, 1.165) is 12.5 Å². The van der Waals surface area contributed by atoms with E-state index in [1.54, 1.807) is 11.1 Å².